The van der Waals surface area contributed by atoms with Crippen LogP contribution in [-0.4, -0.2) is 27.8 Å². The Bertz CT molecular complexity index is 945. The fourth-order valence-electron chi connectivity index (χ4n) is 2.61. The molecule has 0 saturated heterocycles. The molecule has 0 radical (unpaired) electrons. The van der Waals surface area contributed by atoms with Gasteiger partial charge in [-0.25, -0.2) is 4.98 Å². The highest BCUT2D eigenvalue weighted by molar-refractivity contribution is 6.07. The molecular formula is C21H21N3O3. The highest BCUT2D eigenvalue weighted by Crippen LogP contribution is 2.17. The van der Waals surface area contributed by atoms with E-state index in [1.165, 1.54) is 0 Å². The zero-order chi connectivity index (χ0) is 19.2. The minimum atomic E-state index is -0.160. The number of hydrogen-bond donors (Lipinski definition) is 1. The highest BCUT2D eigenvalue weighted by atomic mass is 16.5. The normalized spacial score (nSPS) is 10.4. The van der Waals surface area contributed by atoms with Gasteiger partial charge in [0.15, 0.2) is 5.82 Å². The number of carbonyl (C=O) groups excluding carboxylic acids is 2. The van der Waals surface area contributed by atoms with E-state index in [4.69, 9.17) is 4.74 Å². The minimum absolute atomic E-state index is 0.147. The van der Waals surface area contributed by atoms with Crippen molar-refractivity contribution in [2.75, 3.05) is 11.9 Å². The van der Waals surface area contributed by atoms with E-state index in [-0.39, 0.29) is 18.1 Å². The molecule has 1 heterocycles. The van der Waals surface area contributed by atoms with Crippen LogP contribution in [0.4, 0.5) is 5.69 Å². The van der Waals surface area contributed by atoms with E-state index >= 15 is 0 Å². The summed E-state index contributed by atoms with van der Waals surface area (Å²) in [6.07, 6.45) is 3.55. The summed E-state index contributed by atoms with van der Waals surface area (Å²) in [7, 11) is 1.77. The molecule has 0 spiro atoms. The number of rotatable bonds is 7. The summed E-state index contributed by atoms with van der Waals surface area (Å²) in [4.78, 5) is 28.5. The Kier molecular flexibility index (Phi) is 5.66. The van der Waals surface area contributed by atoms with Gasteiger partial charge in [0.05, 0.1) is 13.0 Å². The second-order valence-corrected chi connectivity index (χ2v) is 6.18. The van der Waals surface area contributed by atoms with E-state index in [1.54, 1.807) is 48.3 Å². The predicted octanol–water partition coefficient (Wildman–Crippen LogP) is 3.37. The van der Waals surface area contributed by atoms with Gasteiger partial charge in [0.2, 0.25) is 11.7 Å². The number of imidazole rings is 1. The first-order valence-electron chi connectivity index (χ1n) is 8.65. The number of hydrogen-bond acceptors (Lipinski definition) is 4. The molecule has 3 aromatic rings. The smallest absolute Gasteiger partial charge is 0.228 e. The first-order valence-corrected chi connectivity index (χ1v) is 8.65. The van der Waals surface area contributed by atoms with Crippen LogP contribution in [0.2, 0.25) is 0 Å². The molecule has 0 fully saturated rings. The number of para-hydroxylation sites is 1. The van der Waals surface area contributed by atoms with Gasteiger partial charge < -0.3 is 14.6 Å². The van der Waals surface area contributed by atoms with Crippen LogP contribution < -0.4 is 10.1 Å². The average molecular weight is 363 g/mol. The molecule has 3 rings (SSSR count). The predicted molar refractivity (Wildman–Crippen MR) is 103 cm³/mol. The Morgan fingerprint density at radius 2 is 1.85 bits per heavy atom. The van der Waals surface area contributed by atoms with Crippen LogP contribution in [0.1, 0.15) is 28.2 Å². The summed E-state index contributed by atoms with van der Waals surface area (Å²) in [5, 5.41) is 2.80. The molecule has 6 nitrogen and oxygen atoms in total. The largest absolute Gasteiger partial charge is 0.493 e. The van der Waals surface area contributed by atoms with Crippen LogP contribution in [0.25, 0.3) is 0 Å². The van der Waals surface area contributed by atoms with Crippen molar-refractivity contribution in [3.63, 3.8) is 0 Å². The quantitative estimate of drug-likeness (QED) is 0.653. The molecule has 0 aliphatic carbocycles. The number of ketones is 1. The summed E-state index contributed by atoms with van der Waals surface area (Å²) in [5.41, 5.74) is 2.18. The molecule has 0 unspecified atom stereocenters. The van der Waals surface area contributed by atoms with E-state index in [0.717, 1.165) is 11.3 Å². The van der Waals surface area contributed by atoms with Gasteiger partial charge in [0.25, 0.3) is 0 Å². The van der Waals surface area contributed by atoms with Crippen molar-refractivity contribution >= 4 is 17.4 Å². The number of carbonyl (C=O) groups is 2. The fraction of sp³-hybridized carbons (Fsp3) is 0.190. The molecule has 1 N–H and O–H groups in total. The molecule has 6 heteroatoms. The Balaban J connectivity index is 1.52. The monoisotopic (exact) mass is 363 g/mol. The molecule has 0 saturated carbocycles. The van der Waals surface area contributed by atoms with Gasteiger partial charge in [-0.2, -0.15) is 0 Å². The third-order valence-electron chi connectivity index (χ3n) is 4.14. The summed E-state index contributed by atoms with van der Waals surface area (Å²) in [6.45, 7) is 2.26. The lowest BCUT2D eigenvalue weighted by molar-refractivity contribution is -0.116. The maximum atomic E-state index is 12.4. The Labute approximate surface area is 157 Å². The maximum absolute atomic E-state index is 12.4. The molecule has 2 aromatic carbocycles. The van der Waals surface area contributed by atoms with Crippen LogP contribution in [0.3, 0.4) is 0 Å². The van der Waals surface area contributed by atoms with Gasteiger partial charge in [-0.05, 0) is 42.8 Å². The summed E-state index contributed by atoms with van der Waals surface area (Å²) in [5.74, 6) is 0.848. The van der Waals surface area contributed by atoms with Crippen LogP contribution >= 0.6 is 0 Å². The van der Waals surface area contributed by atoms with Crippen LogP contribution in [-0.2, 0) is 11.8 Å². The number of nitrogens with one attached hydrogen (secondary N) is 1. The van der Waals surface area contributed by atoms with Crippen LogP contribution in [0.5, 0.6) is 5.75 Å². The Morgan fingerprint density at radius 1 is 1.11 bits per heavy atom. The first kappa shape index (κ1) is 18.4. The number of benzene rings is 2. The number of anilines is 1. The molecule has 138 valence electrons. The van der Waals surface area contributed by atoms with Gasteiger partial charge >= 0.3 is 0 Å². The van der Waals surface area contributed by atoms with Crippen molar-refractivity contribution in [1.29, 1.82) is 0 Å². The lowest BCUT2D eigenvalue weighted by atomic mass is 10.1. The second-order valence-electron chi connectivity index (χ2n) is 6.18. The van der Waals surface area contributed by atoms with Crippen molar-refractivity contribution in [2.24, 2.45) is 7.05 Å². The topological polar surface area (TPSA) is 73.2 Å². The van der Waals surface area contributed by atoms with E-state index in [1.807, 2.05) is 31.2 Å². The standard InChI is InChI=1S/C21H21N3O3/c1-15-5-3-4-6-18(15)27-14-11-19(25)23-17-9-7-16(8-10-17)20(26)21-22-12-13-24(21)2/h3-10,12-13H,11,14H2,1-2H3,(H,23,25). The summed E-state index contributed by atoms with van der Waals surface area (Å²) >= 11 is 0. The zero-order valence-electron chi connectivity index (χ0n) is 15.3. The molecule has 1 aromatic heterocycles. The van der Waals surface area contributed by atoms with Crippen molar-refractivity contribution in [3.8, 4) is 5.75 Å². The number of nitrogens with zero attached hydrogens (tertiary/aromatic N) is 2. The third-order valence-corrected chi connectivity index (χ3v) is 4.14. The SMILES string of the molecule is Cc1ccccc1OCCC(=O)Nc1ccc(C(=O)c2nccn2C)cc1. The molecular weight excluding hydrogens is 342 g/mol. The Morgan fingerprint density at radius 3 is 2.52 bits per heavy atom. The van der Waals surface area contributed by atoms with Crippen molar-refractivity contribution in [2.45, 2.75) is 13.3 Å². The van der Waals surface area contributed by atoms with Crippen LogP contribution in [0.15, 0.2) is 60.9 Å². The average Bonchev–Trinajstić information content (AvgIpc) is 3.09. The zero-order valence-corrected chi connectivity index (χ0v) is 15.3. The summed E-state index contributed by atoms with van der Waals surface area (Å²) in [6, 6.07) is 14.4. The molecule has 0 bridgehead atoms. The third kappa shape index (κ3) is 4.61. The van der Waals surface area contributed by atoms with E-state index < -0.39 is 0 Å². The number of aromatic nitrogens is 2. The van der Waals surface area contributed by atoms with Gasteiger partial charge in [-0.3, -0.25) is 9.59 Å². The highest BCUT2D eigenvalue weighted by Gasteiger charge is 2.13. The molecule has 0 aliphatic rings. The molecule has 27 heavy (non-hydrogen) atoms. The van der Waals surface area contributed by atoms with Crippen molar-refractivity contribution < 1.29 is 14.3 Å². The van der Waals surface area contributed by atoms with Gasteiger partial charge in [0.1, 0.15) is 5.75 Å². The number of aryl methyl sites for hydroxylation is 2. The van der Waals surface area contributed by atoms with Gasteiger partial charge in [-0.15, -0.1) is 0 Å². The van der Waals surface area contributed by atoms with E-state index in [9.17, 15) is 9.59 Å². The summed E-state index contributed by atoms with van der Waals surface area (Å²) < 4.78 is 7.31. The minimum Gasteiger partial charge on any atom is -0.493 e. The Hall–Kier alpha value is -3.41. The molecule has 1 amide bonds. The maximum Gasteiger partial charge on any atom is 0.228 e. The van der Waals surface area contributed by atoms with Crippen molar-refractivity contribution in [1.82, 2.24) is 9.55 Å². The number of ether oxygens (including phenoxy) is 1. The first-order chi connectivity index (χ1) is 13.0. The molecule has 0 aliphatic heterocycles. The molecule has 0 atom stereocenters. The lowest BCUT2D eigenvalue weighted by Crippen LogP contribution is -2.15. The lowest BCUT2D eigenvalue weighted by Gasteiger charge is -2.09. The van der Waals surface area contributed by atoms with Gasteiger partial charge in [0, 0.05) is 30.7 Å². The fourth-order valence-corrected chi connectivity index (χ4v) is 2.61. The van der Waals surface area contributed by atoms with Crippen LogP contribution in [0, 0.1) is 6.92 Å². The number of amides is 1. The van der Waals surface area contributed by atoms with Gasteiger partial charge in [-0.1, -0.05) is 18.2 Å². The van der Waals surface area contributed by atoms with E-state index in [0.29, 0.717) is 23.7 Å². The second kappa shape index (κ2) is 8.31. The van der Waals surface area contributed by atoms with E-state index in [2.05, 4.69) is 10.3 Å². The van der Waals surface area contributed by atoms with Crippen molar-refractivity contribution in [3.05, 3.63) is 77.9 Å².